The van der Waals surface area contributed by atoms with Crippen molar-refractivity contribution in [2.24, 2.45) is 0 Å². The van der Waals surface area contributed by atoms with Crippen molar-refractivity contribution in [1.82, 2.24) is 4.98 Å². The predicted octanol–water partition coefficient (Wildman–Crippen LogP) is 2.82. The molecule has 4 nitrogen and oxygen atoms in total. The van der Waals surface area contributed by atoms with Gasteiger partial charge in [-0.15, -0.1) is 0 Å². The van der Waals surface area contributed by atoms with Crippen molar-refractivity contribution in [1.29, 1.82) is 0 Å². The van der Waals surface area contributed by atoms with Crippen molar-refractivity contribution in [2.45, 2.75) is 13.1 Å². The third kappa shape index (κ3) is 3.76. The van der Waals surface area contributed by atoms with Crippen LogP contribution in [0.15, 0.2) is 12.1 Å². The van der Waals surface area contributed by atoms with Gasteiger partial charge in [0, 0.05) is 6.54 Å². The fourth-order valence-corrected chi connectivity index (χ4v) is 1.53. The Hall–Kier alpha value is -1.50. The number of carbonyl (C=O) groups is 1. The normalized spacial score (nSPS) is 11.4. The molecule has 1 aromatic rings. The van der Waals surface area contributed by atoms with Gasteiger partial charge in [0.05, 0.1) is 0 Å². The van der Waals surface area contributed by atoms with Crippen molar-refractivity contribution in [2.75, 3.05) is 18.0 Å². The molecule has 0 amide bonds. The van der Waals surface area contributed by atoms with Crippen molar-refractivity contribution < 1.29 is 23.1 Å². The number of pyridine rings is 1. The quantitative estimate of drug-likeness (QED) is 0.863. The van der Waals surface area contributed by atoms with Gasteiger partial charge < -0.3 is 10.0 Å². The van der Waals surface area contributed by atoms with E-state index in [0.29, 0.717) is 0 Å². The Morgan fingerprint density at radius 2 is 2.11 bits per heavy atom. The summed E-state index contributed by atoms with van der Waals surface area (Å²) < 4.78 is 37.1. The Balaban J connectivity index is 3.19. The summed E-state index contributed by atoms with van der Waals surface area (Å²) >= 11 is 5.58. The van der Waals surface area contributed by atoms with Gasteiger partial charge in [0.2, 0.25) is 0 Å². The summed E-state index contributed by atoms with van der Waals surface area (Å²) in [6.07, 6.45) is -4.45. The minimum absolute atomic E-state index is 0.0346. The second kappa shape index (κ2) is 5.43. The molecule has 0 aliphatic rings. The Bertz CT molecular complexity index is 451. The molecule has 100 valence electrons. The molecule has 0 unspecified atom stereocenters. The first kappa shape index (κ1) is 14.6. The topological polar surface area (TPSA) is 53.4 Å². The van der Waals surface area contributed by atoms with E-state index in [1.54, 1.807) is 0 Å². The van der Waals surface area contributed by atoms with Crippen molar-refractivity contribution in [3.05, 3.63) is 22.8 Å². The first-order valence-corrected chi connectivity index (χ1v) is 5.34. The minimum atomic E-state index is -4.45. The zero-order valence-electron chi connectivity index (χ0n) is 9.33. The Morgan fingerprint density at radius 3 is 2.56 bits per heavy atom. The Kier molecular flexibility index (Phi) is 4.39. The fraction of sp³-hybridized carbons (Fsp3) is 0.400. The predicted molar refractivity (Wildman–Crippen MR) is 60.1 cm³/mol. The van der Waals surface area contributed by atoms with E-state index in [2.05, 4.69) is 4.98 Å². The molecule has 0 aliphatic heterocycles. The molecule has 0 aliphatic carbocycles. The molecular formula is C10H10ClF3N2O2. The second-order valence-corrected chi connectivity index (χ2v) is 3.83. The van der Waals surface area contributed by atoms with Gasteiger partial charge >= 0.3 is 12.1 Å². The number of rotatable bonds is 4. The molecule has 1 aromatic heterocycles. The number of aromatic carboxylic acids is 1. The summed E-state index contributed by atoms with van der Waals surface area (Å²) in [6, 6.07) is 2.35. The highest BCUT2D eigenvalue weighted by atomic mass is 35.5. The van der Waals surface area contributed by atoms with Crippen LogP contribution in [0.4, 0.5) is 19.0 Å². The third-order valence-corrected chi connectivity index (χ3v) is 2.33. The van der Waals surface area contributed by atoms with Crippen LogP contribution in [-0.4, -0.2) is 35.3 Å². The molecule has 0 radical (unpaired) electrons. The lowest BCUT2D eigenvalue weighted by molar-refractivity contribution is -0.119. The number of aromatic nitrogens is 1. The van der Waals surface area contributed by atoms with E-state index in [1.165, 1.54) is 13.0 Å². The summed E-state index contributed by atoms with van der Waals surface area (Å²) in [7, 11) is 0. The lowest BCUT2D eigenvalue weighted by Gasteiger charge is -2.24. The molecule has 8 heteroatoms. The number of carboxylic acids is 1. The summed E-state index contributed by atoms with van der Waals surface area (Å²) in [6.45, 7) is 0.157. The van der Waals surface area contributed by atoms with Gasteiger partial charge in [-0.3, -0.25) is 0 Å². The number of alkyl halides is 3. The molecular weight excluding hydrogens is 273 g/mol. The largest absolute Gasteiger partial charge is 0.478 e. The van der Waals surface area contributed by atoms with Crippen LogP contribution in [0.25, 0.3) is 0 Å². The van der Waals surface area contributed by atoms with Gasteiger partial charge in [-0.1, -0.05) is 11.6 Å². The molecule has 18 heavy (non-hydrogen) atoms. The number of halogens is 4. The Morgan fingerprint density at radius 1 is 1.50 bits per heavy atom. The maximum atomic E-state index is 12.4. The number of hydrogen-bond acceptors (Lipinski definition) is 3. The zero-order chi connectivity index (χ0) is 13.9. The number of carboxylic acid groups (broad SMARTS) is 1. The van der Waals surface area contributed by atoms with Gasteiger partial charge in [-0.2, -0.15) is 13.2 Å². The number of nitrogens with zero attached hydrogens (tertiary/aromatic N) is 2. The van der Waals surface area contributed by atoms with Crippen LogP contribution < -0.4 is 4.90 Å². The van der Waals surface area contributed by atoms with Crippen LogP contribution in [0.1, 0.15) is 17.3 Å². The van der Waals surface area contributed by atoms with Crippen LogP contribution in [0.3, 0.4) is 0 Å². The van der Waals surface area contributed by atoms with Crippen LogP contribution >= 0.6 is 11.6 Å². The third-order valence-electron chi connectivity index (χ3n) is 2.12. The van der Waals surface area contributed by atoms with Crippen LogP contribution in [0.5, 0.6) is 0 Å². The molecule has 0 aromatic carbocycles. The average Bonchev–Trinajstić information content (AvgIpc) is 2.24. The molecule has 0 spiro atoms. The molecule has 0 fully saturated rings. The maximum absolute atomic E-state index is 12.4. The highest BCUT2D eigenvalue weighted by Gasteiger charge is 2.32. The first-order valence-electron chi connectivity index (χ1n) is 4.96. The van der Waals surface area contributed by atoms with Gasteiger partial charge in [-0.05, 0) is 19.1 Å². The highest BCUT2D eigenvalue weighted by molar-refractivity contribution is 6.29. The monoisotopic (exact) mass is 282 g/mol. The SMILES string of the molecule is CCN(CC(F)(F)F)c1nc(Cl)ccc1C(=O)O. The van der Waals surface area contributed by atoms with Crippen LogP contribution in [-0.2, 0) is 0 Å². The van der Waals surface area contributed by atoms with E-state index < -0.39 is 18.7 Å². The Labute approximate surface area is 106 Å². The first-order chi connectivity index (χ1) is 8.24. The van der Waals surface area contributed by atoms with Gasteiger partial charge in [0.1, 0.15) is 23.1 Å². The van der Waals surface area contributed by atoms with E-state index in [0.717, 1.165) is 11.0 Å². The summed E-state index contributed by atoms with van der Waals surface area (Å²) in [5, 5.41) is 8.85. The minimum Gasteiger partial charge on any atom is -0.478 e. The fourth-order valence-electron chi connectivity index (χ4n) is 1.39. The van der Waals surface area contributed by atoms with Gasteiger partial charge in [0.25, 0.3) is 0 Å². The number of anilines is 1. The van der Waals surface area contributed by atoms with E-state index in [-0.39, 0.29) is 23.1 Å². The van der Waals surface area contributed by atoms with E-state index in [4.69, 9.17) is 16.7 Å². The lowest BCUT2D eigenvalue weighted by Crippen LogP contribution is -2.35. The number of hydrogen-bond donors (Lipinski definition) is 1. The molecule has 1 heterocycles. The summed E-state index contributed by atoms with van der Waals surface area (Å²) in [5.41, 5.74) is -0.314. The van der Waals surface area contributed by atoms with Crippen LogP contribution in [0, 0.1) is 0 Å². The molecule has 0 saturated heterocycles. The molecule has 0 atom stereocenters. The zero-order valence-corrected chi connectivity index (χ0v) is 10.1. The maximum Gasteiger partial charge on any atom is 0.405 e. The molecule has 0 bridgehead atoms. The van der Waals surface area contributed by atoms with E-state index in [9.17, 15) is 18.0 Å². The van der Waals surface area contributed by atoms with Crippen molar-refractivity contribution >= 4 is 23.4 Å². The van der Waals surface area contributed by atoms with E-state index in [1.807, 2.05) is 0 Å². The second-order valence-electron chi connectivity index (χ2n) is 3.44. The summed E-state index contributed by atoms with van der Waals surface area (Å²) in [4.78, 5) is 15.4. The van der Waals surface area contributed by atoms with Gasteiger partial charge in [-0.25, -0.2) is 9.78 Å². The average molecular weight is 283 g/mol. The van der Waals surface area contributed by atoms with Gasteiger partial charge in [0.15, 0.2) is 0 Å². The summed E-state index contributed by atoms with van der Waals surface area (Å²) in [5.74, 6) is -1.63. The molecule has 1 rings (SSSR count). The van der Waals surface area contributed by atoms with Crippen molar-refractivity contribution in [3.8, 4) is 0 Å². The van der Waals surface area contributed by atoms with Crippen molar-refractivity contribution in [3.63, 3.8) is 0 Å². The highest BCUT2D eigenvalue weighted by Crippen LogP contribution is 2.25. The smallest absolute Gasteiger partial charge is 0.405 e. The van der Waals surface area contributed by atoms with E-state index >= 15 is 0 Å². The molecule has 0 saturated carbocycles. The van der Waals surface area contributed by atoms with Crippen LogP contribution in [0.2, 0.25) is 5.15 Å². The standard InChI is InChI=1S/C10H10ClF3N2O2/c1-2-16(5-10(12,13)14)8-6(9(17)18)3-4-7(11)15-8/h3-4H,2,5H2,1H3,(H,17,18). The lowest BCUT2D eigenvalue weighted by atomic mass is 10.2. The molecule has 1 N–H and O–H groups in total.